The molecule has 0 amide bonds. The first-order valence-electron chi connectivity index (χ1n) is 8.22. The van der Waals surface area contributed by atoms with E-state index in [9.17, 15) is 0 Å². The maximum Gasteiger partial charge on any atom is 0.103 e. The van der Waals surface area contributed by atoms with E-state index in [1.54, 1.807) is 0 Å². The summed E-state index contributed by atoms with van der Waals surface area (Å²) in [6, 6.07) is 10.7. The first-order valence-corrected chi connectivity index (χ1v) is 8.22. The topological polar surface area (TPSA) is 15.6 Å². The Bertz CT molecular complexity index is 397. The molecule has 1 aliphatic heterocycles. The number of nitrogens with zero attached hydrogens (tertiary/aromatic N) is 2. The number of rotatable bonds is 9. The van der Waals surface area contributed by atoms with Crippen molar-refractivity contribution < 1.29 is 0 Å². The third-order valence-corrected chi connectivity index (χ3v) is 4.02. The van der Waals surface area contributed by atoms with Crippen LogP contribution < -0.4 is 0 Å². The van der Waals surface area contributed by atoms with E-state index < -0.39 is 0 Å². The molecule has 0 atom stereocenters. The Morgan fingerprint density at radius 2 is 1.75 bits per heavy atom. The van der Waals surface area contributed by atoms with Gasteiger partial charge in [-0.2, -0.15) is 0 Å². The molecule has 0 saturated heterocycles. The number of hydrogen-bond donors (Lipinski definition) is 0. The molecule has 2 rings (SSSR count). The van der Waals surface area contributed by atoms with Crippen LogP contribution in [0.2, 0.25) is 0 Å². The largest absolute Gasteiger partial charge is 0.358 e. The normalized spacial score (nSPS) is 14.7. The van der Waals surface area contributed by atoms with E-state index in [0.29, 0.717) is 0 Å². The van der Waals surface area contributed by atoms with Gasteiger partial charge in [-0.1, -0.05) is 69.4 Å². The Kier molecular flexibility index (Phi) is 6.62. The lowest BCUT2D eigenvalue weighted by Crippen LogP contribution is -2.30. The van der Waals surface area contributed by atoms with Crippen molar-refractivity contribution in [1.29, 1.82) is 0 Å². The molecule has 0 fully saturated rings. The van der Waals surface area contributed by atoms with Gasteiger partial charge in [0.1, 0.15) is 5.84 Å². The monoisotopic (exact) mass is 272 g/mol. The van der Waals surface area contributed by atoms with E-state index in [0.717, 1.165) is 19.5 Å². The van der Waals surface area contributed by atoms with Crippen LogP contribution in [0, 0.1) is 0 Å². The molecule has 1 heterocycles. The van der Waals surface area contributed by atoms with Gasteiger partial charge in [-0.05, 0) is 12.0 Å². The maximum atomic E-state index is 4.68. The first kappa shape index (κ1) is 15.1. The summed E-state index contributed by atoms with van der Waals surface area (Å²) in [4.78, 5) is 7.18. The van der Waals surface area contributed by atoms with Gasteiger partial charge < -0.3 is 4.90 Å². The minimum absolute atomic E-state index is 0.984. The van der Waals surface area contributed by atoms with Gasteiger partial charge in [0.15, 0.2) is 0 Å². The van der Waals surface area contributed by atoms with Crippen molar-refractivity contribution in [3.63, 3.8) is 0 Å². The third kappa shape index (κ3) is 4.99. The number of aliphatic imine (C=N–C) groups is 1. The average Bonchev–Trinajstić information content (AvgIpc) is 2.91. The van der Waals surface area contributed by atoms with Crippen LogP contribution in [-0.4, -0.2) is 30.4 Å². The van der Waals surface area contributed by atoms with E-state index in [1.807, 2.05) is 0 Å². The quantitative estimate of drug-likeness (QED) is 0.612. The molecule has 1 aliphatic rings. The van der Waals surface area contributed by atoms with Gasteiger partial charge in [-0.25, -0.2) is 0 Å². The van der Waals surface area contributed by atoms with Crippen LogP contribution in [0.4, 0.5) is 0 Å². The fourth-order valence-electron chi connectivity index (χ4n) is 2.80. The molecule has 0 bridgehead atoms. The molecule has 0 radical (unpaired) electrons. The van der Waals surface area contributed by atoms with E-state index in [1.165, 1.54) is 56.5 Å². The van der Waals surface area contributed by atoms with Gasteiger partial charge >= 0.3 is 0 Å². The molecule has 1 aromatic carbocycles. The van der Waals surface area contributed by atoms with Gasteiger partial charge in [0.25, 0.3) is 0 Å². The van der Waals surface area contributed by atoms with Gasteiger partial charge in [0, 0.05) is 19.5 Å². The van der Waals surface area contributed by atoms with Crippen LogP contribution in [-0.2, 0) is 6.42 Å². The van der Waals surface area contributed by atoms with Crippen molar-refractivity contribution >= 4 is 5.84 Å². The zero-order valence-electron chi connectivity index (χ0n) is 12.9. The smallest absolute Gasteiger partial charge is 0.103 e. The van der Waals surface area contributed by atoms with Gasteiger partial charge in [0.2, 0.25) is 0 Å². The van der Waals surface area contributed by atoms with Crippen LogP contribution in [0.25, 0.3) is 0 Å². The predicted octanol–water partition coefficient (Wildman–Crippen LogP) is 4.30. The van der Waals surface area contributed by atoms with Crippen LogP contribution in [0.1, 0.15) is 51.0 Å². The number of hydrogen-bond acceptors (Lipinski definition) is 2. The molecule has 0 saturated carbocycles. The van der Waals surface area contributed by atoms with Crippen LogP contribution in [0.5, 0.6) is 0 Å². The average molecular weight is 272 g/mol. The maximum absolute atomic E-state index is 4.68. The van der Waals surface area contributed by atoms with Gasteiger partial charge in [-0.3, -0.25) is 4.99 Å². The zero-order valence-corrected chi connectivity index (χ0v) is 12.9. The number of unbranched alkanes of at least 4 members (excludes halogenated alkanes) is 5. The highest BCUT2D eigenvalue weighted by atomic mass is 15.2. The Labute approximate surface area is 123 Å². The second-order valence-electron chi connectivity index (χ2n) is 5.72. The molecule has 2 nitrogen and oxygen atoms in total. The second kappa shape index (κ2) is 8.78. The lowest BCUT2D eigenvalue weighted by molar-refractivity contribution is 0.426. The highest BCUT2D eigenvalue weighted by Gasteiger charge is 2.16. The van der Waals surface area contributed by atoms with Crippen molar-refractivity contribution in [2.75, 3.05) is 19.6 Å². The summed E-state index contributed by atoms with van der Waals surface area (Å²) in [5.74, 6) is 1.30. The Hall–Kier alpha value is -1.31. The molecule has 0 spiro atoms. The highest BCUT2D eigenvalue weighted by molar-refractivity contribution is 5.85. The molecule has 0 N–H and O–H groups in total. The fourth-order valence-corrected chi connectivity index (χ4v) is 2.80. The predicted molar refractivity (Wildman–Crippen MR) is 87.4 cm³/mol. The minimum atomic E-state index is 0.984. The second-order valence-corrected chi connectivity index (χ2v) is 5.72. The van der Waals surface area contributed by atoms with Crippen molar-refractivity contribution in [2.24, 2.45) is 4.99 Å². The number of benzene rings is 1. The summed E-state index contributed by atoms with van der Waals surface area (Å²) < 4.78 is 0. The highest BCUT2D eigenvalue weighted by Crippen LogP contribution is 2.11. The molecule has 2 heteroatoms. The lowest BCUT2D eigenvalue weighted by atomic mass is 10.1. The van der Waals surface area contributed by atoms with Crippen LogP contribution >= 0.6 is 0 Å². The summed E-state index contributed by atoms with van der Waals surface area (Å²) in [5, 5.41) is 0. The Morgan fingerprint density at radius 3 is 2.55 bits per heavy atom. The summed E-state index contributed by atoms with van der Waals surface area (Å²) in [6.07, 6.45) is 9.21. The Balaban J connectivity index is 1.68. The van der Waals surface area contributed by atoms with Crippen molar-refractivity contribution in [1.82, 2.24) is 4.90 Å². The summed E-state index contributed by atoms with van der Waals surface area (Å²) in [5.41, 5.74) is 1.38. The summed E-state index contributed by atoms with van der Waals surface area (Å²) in [7, 11) is 0. The standard InChI is InChI=1S/C18H28N2/c1-2-3-4-5-6-10-14-20-15-13-19-18(20)16-17-11-8-7-9-12-17/h7-9,11-12H,2-6,10,13-16H2,1H3. The first-order chi connectivity index (χ1) is 9.90. The third-order valence-electron chi connectivity index (χ3n) is 4.02. The van der Waals surface area contributed by atoms with E-state index >= 15 is 0 Å². The van der Waals surface area contributed by atoms with Crippen molar-refractivity contribution in [3.05, 3.63) is 35.9 Å². The molecule has 1 aromatic rings. The molecule has 0 aromatic heterocycles. The molecule has 0 aliphatic carbocycles. The van der Waals surface area contributed by atoms with E-state index in [2.05, 4.69) is 47.1 Å². The SMILES string of the molecule is CCCCCCCCN1CCN=C1Cc1ccccc1. The van der Waals surface area contributed by atoms with E-state index in [4.69, 9.17) is 0 Å². The zero-order chi connectivity index (χ0) is 14.0. The summed E-state index contributed by atoms with van der Waals surface area (Å²) >= 11 is 0. The fraction of sp³-hybridized carbons (Fsp3) is 0.611. The molecular weight excluding hydrogens is 244 g/mol. The molecular formula is C18H28N2. The molecule has 110 valence electrons. The van der Waals surface area contributed by atoms with Crippen LogP contribution in [0.3, 0.4) is 0 Å². The molecule has 20 heavy (non-hydrogen) atoms. The van der Waals surface area contributed by atoms with Crippen molar-refractivity contribution in [2.45, 2.75) is 51.9 Å². The van der Waals surface area contributed by atoms with E-state index in [-0.39, 0.29) is 0 Å². The minimum Gasteiger partial charge on any atom is -0.358 e. The lowest BCUT2D eigenvalue weighted by Gasteiger charge is -2.20. The van der Waals surface area contributed by atoms with Gasteiger partial charge in [0.05, 0.1) is 6.54 Å². The van der Waals surface area contributed by atoms with Crippen LogP contribution in [0.15, 0.2) is 35.3 Å². The Morgan fingerprint density at radius 1 is 1.00 bits per heavy atom. The summed E-state index contributed by atoms with van der Waals surface area (Å²) in [6.45, 7) is 5.57. The van der Waals surface area contributed by atoms with Gasteiger partial charge in [-0.15, -0.1) is 0 Å². The number of amidine groups is 1. The molecule has 0 unspecified atom stereocenters. The van der Waals surface area contributed by atoms with Crippen molar-refractivity contribution in [3.8, 4) is 0 Å².